The van der Waals surface area contributed by atoms with Crippen molar-refractivity contribution in [2.45, 2.75) is 40.3 Å². The van der Waals surface area contributed by atoms with E-state index in [1.54, 1.807) is 12.7 Å². The summed E-state index contributed by atoms with van der Waals surface area (Å²) < 4.78 is 1.87. The Labute approximate surface area is 85.7 Å². The van der Waals surface area contributed by atoms with Gasteiger partial charge in [-0.15, -0.1) is 0 Å². The first kappa shape index (κ1) is 11.2. The molecule has 1 unspecified atom stereocenters. The highest BCUT2D eigenvalue weighted by molar-refractivity contribution is 4.80. The molecular weight excluding hydrogens is 176 g/mol. The van der Waals surface area contributed by atoms with E-state index in [9.17, 15) is 0 Å². The molecule has 1 aromatic rings. The van der Waals surface area contributed by atoms with E-state index in [1.165, 1.54) is 0 Å². The van der Waals surface area contributed by atoms with Gasteiger partial charge in [-0.25, -0.2) is 4.98 Å². The average Bonchev–Trinajstić information content (AvgIpc) is 2.54. The van der Waals surface area contributed by atoms with Crippen LogP contribution in [-0.4, -0.2) is 27.4 Å². The monoisotopic (exact) mass is 196 g/mol. The minimum absolute atomic E-state index is 0.238. The number of hydrogen-bond acceptors (Lipinski definition) is 3. The SMILES string of the molecule is CCNC(Cn1cncn1)C(C)(C)C. The summed E-state index contributed by atoms with van der Waals surface area (Å²) in [5.41, 5.74) is 0.238. The van der Waals surface area contributed by atoms with Crippen LogP contribution in [0.4, 0.5) is 0 Å². The molecule has 0 aromatic carbocycles. The van der Waals surface area contributed by atoms with Crippen LogP contribution in [0.1, 0.15) is 27.7 Å². The smallest absolute Gasteiger partial charge is 0.137 e. The third-order valence-electron chi connectivity index (χ3n) is 2.33. The molecule has 0 radical (unpaired) electrons. The third kappa shape index (κ3) is 3.10. The van der Waals surface area contributed by atoms with Crippen LogP contribution in [0.3, 0.4) is 0 Å². The van der Waals surface area contributed by atoms with Gasteiger partial charge in [0.1, 0.15) is 12.7 Å². The molecule has 4 heteroatoms. The summed E-state index contributed by atoms with van der Waals surface area (Å²) in [7, 11) is 0. The molecule has 4 nitrogen and oxygen atoms in total. The van der Waals surface area contributed by atoms with E-state index in [-0.39, 0.29) is 5.41 Å². The van der Waals surface area contributed by atoms with Crippen molar-refractivity contribution in [1.29, 1.82) is 0 Å². The van der Waals surface area contributed by atoms with Gasteiger partial charge in [0.2, 0.25) is 0 Å². The summed E-state index contributed by atoms with van der Waals surface area (Å²) >= 11 is 0. The summed E-state index contributed by atoms with van der Waals surface area (Å²) in [5, 5.41) is 7.59. The van der Waals surface area contributed by atoms with Gasteiger partial charge in [-0.2, -0.15) is 5.10 Å². The molecule has 0 saturated heterocycles. The molecular formula is C10H20N4. The topological polar surface area (TPSA) is 42.7 Å². The maximum Gasteiger partial charge on any atom is 0.137 e. The predicted molar refractivity (Wildman–Crippen MR) is 56.9 cm³/mol. The minimum atomic E-state index is 0.238. The summed E-state index contributed by atoms with van der Waals surface area (Å²) in [6.45, 7) is 10.7. The highest BCUT2D eigenvalue weighted by Gasteiger charge is 2.23. The van der Waals surface area contributed by atoms with Gasteiger partial charge in [0, 0.05) is 6.04 Å². The van der Waals surface area contributed by atoms with Gasteiger partial charge in [0.25, 0.3) is 0 Å². The lowest BCUT2D eigenvalue weighted by molar-refractivity contribution is 0.238. The molecule has 0 amide bonds. The second-order valence-corrected chi connectivity index (χ2v) is 4.59. The number of hydrogen-bond donors (Lipinski definition) is 1. The zero-order valence-electron chi connectivity index (χ0n) is 9.49. The summed E-state index contributed by atoms with van der Waals surface area (Å²) in [6.07, 6.45) is 3.34. The van der Waals surface area contributed by atoms with Gasteiger partial charge >= 0.3 is 0 Å². The zero-order chi connectivity index (χ0) is 10.6. The van der Waals surface area contributed by atoms with Crippen molar-refractivity contribution in [2.24, 2.45) is 5.41 Å². The van der Waals surface area contributed by atoms with E-state index in [4.69, 9.17) is 0 Å². The first-order valence-corrected chi connectivity index (χ1v) is 5.10. The van der Waals surface area contributed by atoms with Gasteiger partial charge in [-0.3, -0.25) is 4.68 Å². The van der Waals surface area contributed by atoms with E-state index < -0.39 is 0 Å². The maximum absolute atomic E-state index is 4.12. The van der Waals surface area contributed by atoms with Crippen LogP contribution in [-0.2, 0) is 6.54 Å². The molecule has 1 N–H and O–H groups in total. The summed E-state index contributed by atoms with van der Waals surface area (Å²) in [5.74, 6) is 0. The predicted octanol–water partition coefficient (Wildman–Crippen LogP) is 1.30. The van der Waals surface area contributed by atoms with Crippen molar-refractivity contribution >= 4 is 0 Å². The lowest BCUT2D eigenvalue weighted by Gasteiger charge is -2.31. The van der Waals surface area contributed by atoms with Gasteiger partial charge < -0.3 is 5.32 Å². The molecule has 1 heterocycles. The van der Waals surface area contributed by atoms with Crippen molar-refractivity contribution in [3.63, 3.8) is 0 Å². The van der Waals surface area contributed by atoms with Crippen molar-refractivity contribution in [3.8, 4) is 0 Å². The maximum atomic E-state index is 4.12. The Morgan fingerprint density at radius 2 is 2.14 bits per heavy atom. The van der Waals surface area contributed by atoms with E-state index in [1.807, 2.05) is 4.68 Å². The Hall–Kier alpha value is -0.900. The van der Waals surface area contributed by atoms with E-state index in [0.29, 0.717) is 6.04 Å². The van der Waals surface area contributed by atoms with Crippen LogP contribution in [0.2, 0.25) is 0 Å². The van der Waals surface area contributed by atoms with Crippen LogP contribution in [0.15, 0.2) is 12.7 Å². The number of rotatable bonds is 4. The van der Waals surface area contributed by atoms with Crippen LogP contribution >= 0.6 is 0 Å². The Morgan fingerprint density at radius 1 is 1.43 bits per heavy atom. The van der Waals surface area contributed by atoms with Crippen molar-refractivity contribution in [2.75, 3.05) is 6.54 Å². The molecule has 0 bridgehead atoms. The molecule has 0 saturated carbocycles. The van der Waals surface area contributed by atoms with Crippen LogP contribution in [0, 0.1) is 5.41 Å². The molecule has 0 spiro atoms. The Balaban J connectivity index is 2.60. The number of nitrogens with zero attached hydrogens (tertiary/aromatic N) is 3. The second kappa shape index (κ2) is 4.55. The summed E-state index contributed by atoms with van der Waals surface area (Å²) in [4.78, 5) is 3.94. The van der Waals surface area contributed by atoms with E-state index in [2.05, 4.69) is 43.1 Å². The molecule has 0 fully saturated rings. The molecule has 0 aliphatic heterocycles. The van der Waals surface area contributed by atoms with Crippen LogP contribution in [0.25, 0.3) is 0 Å². The quantitative estimate of drug-likeness (QED) is 0.789. The van der Waals surface area contributed by atoms with Gasteiger partial charge in [-0.1, -0.05) is 27.7 Å². The van der Waals surface area contributed by atoms with Gasteiger partial charge in [0.15, 0.2) is 0 Å². The van der Waals surface area contributed by atoms with Crippen LogP contribution < -0.4 is 5.32 Å². The second-order valence-electron chi connectivity index (χ2n) is 4.59. The Kier molecular flexibility index (Phi) is 3.63. The average molecular weight is 196 g/mol. The standard InChI is InChI=1S/C10H20N4/c1-5-12-9(10(2,3)4)6-14-8-11-7-13-14/h7-9,12H,5-6H2,1-4H3. The molecule has 1 rings (SSSR count). The largest absolute Gasteiger partial charge is 0.312 e. The van der Waals surface area contributed by atoms with E-state index in [0.717, 1.165) is 13.1 Å². The van der Waals surface area contributed by atoms with Crippen LogP contribution in [0.5, 0.6) is 0 Å². The van der Waals surface area contributed by atoms with E-state index >= 15 is 0 Å². The summed E-state index contributed by atoms with van der Waals surface area (Å²) in [6, 6.07) is 0.425. The minimum Gasteiger partial charge on any atom is -0.312 e. The highest BCUT2D eigenvalue weighted by atomic mass is 15.3. The van der Waals surface area contributed by atoms with Gasteiger partial charge in [-0.05, 0) is 12.0 Å². The first-order valence-electron chi connectivity index (χ1n) is 5.10. The highest BCUT2D eigenvalue weighted by Crippen LogP contribution is 2.20. The van der Waals surface area contributed by atoms with Crippen molar-refractivity contribution in [1.82, 2.24) is 20.1 Å². The fourth-order valence-electron chi connectivity index (χ4n) is 1.41. The molecule has 1 atom stereocenters. The molecule has 80 valence electrons. The number of aromatic nitrogens is 3. The number of likely N-dealkylation sites (N-methyl/N-ethyl adjacent to an activating group) is 1. The fourth-order valence-corrected chi connectivity index (χ4v) is 1.41. The molecule has 0 aliphatic rings. The first-order chi connectivity index (χ1) is 6.54. The molecule has 1 aromatic heterocycles. The molecule has 14 heavy (non-hydrogen) atoms. The van der Waals surface area contributed by atoms with Crippen molar-refractivity contribution < 1.29 is 0 Å². The Morgan fingerprint density at radius 3 is 2.57 bits per heavy atom. The van der Waals surface area contributed by atoms with Gasteiger partial charge in [0.05, 0.1) is 6.54 Å². The number of nitrogens with one attached hydrogen (secondary N) is 1. The van der Waals surface area contributed by atoms with Crippen molar-refractivity contribution in [3.05, 3.63) is 12.7 Å². The molecule has 0 aliphatic carbocycles. The Bertz CT molecular complexity index is 248. The lowest BCUT2D eigenvalue weighted by Crippen LogP contribution is -2.43. The normalized spacial score (nSPS) is 14.3. The fraction of sp³-hybridized carbons (Fsp3) is 0.800. The third-order valence-corrected chi connectivity index (χ3v) is 2.33. The lowest BCUT2D eigenvalue weighted by atomic mass is 9.86. The zero-order valence-corrected chi connectivity index (χ0v) is 9.49.